The molecule has 0 aromatic carbocycles. The molecule has 0 amide bonds. The Hall–Kier alpha value is 0.170. The first kappa shape index (κ1) is 11.2. The van der Waals surface area contributed by atoms with E-state index in [0.717, 1.165) is 13.0 Å². The summed E-state index contributed by atoms with van der Waals surface area (Å²) in [4.78, 5) is 2.12. The van der Waals surface area contributed by atoms with Crippen LogP contribution in [0.5, 0.6) is 0 Å². The van der Waals surface area contributed by atoms with Crippen LogP contribution >= 0.6 is 11.6 Å². The number of aliphatic hydroxyl groups excluding tert-OH is 2. The van der Waals surface area contributed by atoms with Crippen LogP contribution < -0.4 is 0 Å². The van der Waals surface area contributed by atoms with Crippen LogP contribution in [0.15, 0.2) is 0 Å². The molecule has 78 valence electrons. The third kappa shape index (κ3) is 2.81. The summed E-state index contributed by atoms with van der Waals surface area (Å²) in [5.41, 5.74) is 0. The van der Waals surface area contributed by atoms with E-state index < -0.39 is 6.10 Å². The van der Waals surface area contributed by atoms with Crippen molar-refractivity contribution >= 4 is 11.6 Å². The molecule has 0 aliphatic carbocycles. The molecule has 0 bridgehead atoms. The van der Waals surface area contributed by atoms with Gasteiger partial charge in [0.25, 0.3) is 0 Å². The van der Waals surface area contributed by atoms with Crippen molar-refractivity contribution in [3.63, 3.8) is 0 Å². The van der Waals surface area contributed by atoms with Crippen molar-refractivity contribution in [3.8, 4) is 0 Å². The molecule has 4 heteroatoms. The molecule has 3 nitrogen and oxygen atoms in total. The van der Waals surface area contributed by atoms with Gasteiger partial charge in [-0.25, -0.2) is 0 Å². The Labute approximate surface area is 84.3 Å². The van der Waals surface area contributed by atoms with Gasteiger partial charge in [0.2, 0.25) is 0 Å². The SMILES string of the molecule is CC1CCN(CC(O)CCl)C1CO. The summed E-state index contributed by atoms with van der Waals surface area (Å²) >= 11 is 5.52. The second-order valence-corrected chi connectivity index (χ2v) is 4.13. The molecule has 1 aliphatic heterocycles. The van der Waals surface area contributed by atoms with Crippen molar-refractivity contribution < 1.29 is 10.2 Å². The average Bonchev–Trinajstić information content (AvgIpc) is 2.46. The quantitative estimate of drug-likeness (QED) is 0.652. The molecule has 3 unspecified atom stereocenters. The fourth-order valence-electron chi connectivity index (χ4n) is 1.93. The summed E-state index contributed by atoms with van der Waals surface area (Å²) in [5.74, 6) is 0.788. The summed E-state index contributed by atoms with van der Waals surface area (Å²) in [6, 6.07) is 0.206. The van der Waals surface area contributed by atoms with Crippen molar-refractivity contribution in [2.75, 3.05) is 25.6 Å². The zero-order valence-electron chi connectivity index (χ0n) is 7.99. The van der Waals surface area contributed by atoms with Crippen molar-refractivity contribution in [2.24, 2.45) is 5.92 Å². The molecular formula is C9H18ClNO2. The second kappa shape index (κ2) is 5.15. The van der Waals surface area contributed by atoms with E-state index in [4.69, 9.17) is 16.7 Å². The maximum absolute atomic E-state index is 9.36. The van der Waals surface area contributed by atoms with Crippen LogP contribution in [-0.4, -0.2) is 52.8 Å². The number of rotatable bonds is 4. The Balaban J connectivity index is 2.41. The molecule has 1 fully saturated rings. The fraction of sp³-hybridized carbons (Fsp3) is 1.00. The van der Waals surface area contributed by atoms with E-state index in [9.17, 15) is 5.11 Å². The third-order valence-corrected chi connectivity index (χ3v) is 3.16. The zero-order chi connectivity index (χ0) is 9.84. The minimum absolute atomic E-state index is 0.177. The van der Waals surface area contributed by atoms with E-state index >= 15 is 0 Å². The van der Waals surface area contributed by atoms with Gasteiger partial charge in [0.05, 0.1) is 12.7 Å². The number of likely N-dealkylation sites (tertiary alicyclic amines) is 1. The van der Waals surface area contributed by atoms with Crippen molar-refractivity contribution in [2.45, 2.75) is 25.5 Å². The van der Waals surface area contributed by atoms with Gasteiger partial charge >= 0.3 is 0 Å². The number of aliphatic hydroxyl groups is 2. The molecule has 1 aliphatic rings. The van der Waals surface area contributed by atoms with Gasteiger partial charge in [-0.05, 0) is 18.9 Å². The normalized spacial score (nSPS) is 32.3. The second-order valence-electron chi connectivity index (χ2n) is 3.82. The summed E-state index contributed by atoms with van der Waals surface area (Å²) in [7, 11) is 0. The molecule has 0 radical (unpaired) electrons. The van der Waals surface area contributed by atoms with E-state index in [1.807, 2.05) is 0 Å². The first-order chi connectivity index (χ1) is 6.19. The van der Waals surface area contributed by atoms with Crippen LogP contribution in [0, 0.1) is 5.92 Å². The molecule has 0 aromatic heterocycles. The predicted octanol–water partition coefficient (Wildman–Crippen LogP) is 0.289. The number of alkyl halides is 1. The maximum atomic E-state index is 9.36. The number of halogens is 1. The van der Waals surface area contributed by atoms with Crippen molar-refractivity contribution in [1.29, 1.82) is 0 Å². The van der Waals surface area contributed by atoms with Crippen LogP contribution in [0.3, 0.4) is 0 Å². The minimum Gasteiger partial charge on any atom is -0.395 e. The first-order valence-electron chi connectivity index (χ1n) is 4.78. The van der Waals surface area contributed by atoms with E-state index in [1.165, 1.54) is 0 Å². The van der Waals surface area contributed by atoms with E-state index in [1.54, 1.807) is 0 Å². The monoisotopic (exact) mass is 207 g/mol. The summed E-state index contributed by atoms with van der Waals surface area (Å²) in [6.07, 6.45) is 0.626. The van der Waals surface area contributed by atoms with Gasteiger partial charge in [-0.3, -0.25) is 4.90 Å². The minimum atomic E-state index is -0.471. The highest BCUT2D eigenvalue weighted by Gasteiger charge is 2.31. The Morgan fingerprint density at radius 3 is 2.85 bits per heavy atom. The molecular weight excluding hydrogens is 190 g/mol. The lowest BCUT2D eigenvalue weighted by Crippen LogP contribution is -2.40. The van der Waals surface area contributed by atoms with Gasteiger partial charge in [-0.15, -0.1) is 11.6 Å². The molecule has 0 saturated carbocycles. The topological polar surface area (TPSA) is 43.7 Å². The van der Waals surface area contributed by atoms with Crippen molar-refractivity contribution in [3.05, 3.63) is 0 Å². The van der Waals surface area contributed by atoms with Crippen LogP contribution in [0.1, 0.15) is 13.3 Å². The van der Waals surface area contributed by atoms with Gasteiger partial charge in [-0.1, -0.05) is 6.92 Å². The van der Waals surface area contributed by atoms with Crippen LogP contribution in [0.4, 0.5) is 0 Å². The highest BCUT2D eigenvalue weighted by atomic mass is 35.5. The van der Waals surface area contributed by atoms with Crippen LogP contribution in [0.25, 0.3) is 0 Å². The zero-order valence-corrected chi connectivity index (χ0v) is 8.74. The lowest BCUT2D eigenvalue weighted by Gasteiger charge is -2.26. The molecule has 1 rings (SSSR count). The molecule has 0 spiro atoms. The maximum Gasteiger partial charge on any atom is 0.0802 e. The number of nitrogens with zero attached hydrogens (tertiary/aromatic N) is 1. The highest BCUT2D eigenvalue weighted by molar-refractivity contribution is 6.18. The summed E-state index contributed by atoms with van der Waals surface area (Å²) in [6.45, 7) is 3.85. The first-order valence-corrected chi connectivity index (χ1v) is 5.31. The molecule has 13 heavy (non-hydrogen) atoms. The number of β-amino-alcohol motifs (C(OH)–C–C–N with tert-alkyl or cyclic N) is 1. The van der Waals surface area contributed by atoms with Gasteiger partial charge in [0.1, 0.15) is 0 Å². The van der Waals surface area contributed by atoms with Gasteiger partial charge in [0, 0.05) is 18.5 Å². The Morgan fingerprint density at radius 2 is 2.31 bits per heavy atom. The Morgan fingerprint density at radius 1 is 1.62 bits per heavy atom. The number of hydrogen-bond donors (Lipinski definition) is 2. The lowest BCUT2D eigenvalue weighted by molar-refractivity contribution is 0.0865. The fourth-order valence-corrected chi connectivity index (χ4v) is 2.03. The molecule has 3 atom stereocenters. The van der Waals surface area contributed by atoms with Crippen molar-refractivity contribution in [1.82, 2.24) is 4.90 Å². The van der Waals surface area contributed by atoms with E-state index in [0.29, 0.717) is 12.5 Å². The molecule has 0 aromatic rings. The largest absolute Gasteiger partial charge is 0.395 e. The average molecular weight is 208 g/mol. The Bertz CT molecular complexity index is 157. The summed E-state index contributed by atoms with van der Waals surface area (Å²) in [5, 5.41) is 18.5. The smallest absolute Gasteiger partial charge is 0.0802 e. The molecule has 2 N–H and O–H groups in total. The standard InChI is InChI=1S/C9H18ClNO2/c1-7-2-3-11(9(7)6-12)5-8(13)4-10/h7-9,12-13H,2-6H2,1H3. The number of hydrogen-bond acceptors (Lipinski definition) is 3. The predicted molar refractivity (Wildman–Crippen MR) is 53.0 cm³/mol. The van der Waals surface area contributed by atoms with E-state index in [-0.39, 0.29) is 18.5 Å². The van der Waals surface area contributed by atoms with Crippen LogP contribution in [-0.2, 0) is 0 Å². The van der Waals surface area contributed by atoms with Crippen LogP contribution in [0.2, 0.25) is 0 Å². The van der Waals surface area contributed by atoms with Gasteiger partial charge in [-0.2, -0.15) is 0 Å². The molecule has 1 heterocycles. The highest BCUT2D eigenvalue weighted by Crippen LogP contribution is 2.23. The third-order valence-electron chi connectivity index (χ3n) is 2.81. The summed E-state index contributed by atoms with van der Waals surface area (Å²) < 4.78 is 0. The van der Waals surface area contributed by atoms with E-state index in [2.05, 4.69) is 11.8 Å². The van der Waals surface area contributed by atoms with Gasteiger partial charge < -0.3 is 10.2 Å². The lowest BCUT2D eigenvalue weighted by atomic mass is 10.0. The molecule has 1 saturated heterocycles. The Kier molecular flexibility index (Phi) is 4.46. The van der Waals surface area contributed by atoms with Gasteiger partial charge in [0.15, 0.2) is 0 Å².